The average Bonchev–Trinajstić information content (AvgIpc) is 3.89. The highest BCUT2D eigenvalue weighted by molar-refractivity contribution is 5.92. The van der Waals surface area contributed by atoms with Crippen LogP contribution in [0.1, 0.15) is 57.6 Å². The average molecular weight is 668 g/mol. The number of aromatic nitrogens is 3. The molecule has 3 aromatic carbocycles. The van der Waals surface area contributed by atoms with Crippen LogP contribution in [0.25, 0.3) is 33.5 Å². The van der Waals surface area contributed by atoms with E-state index in [4.69, 9.17) is 9.72 Å². The summed E-state index contributed by atoms with van der Waals surface area (Å²) in [5.41, 5.74) is 4.42. The van der Waals surface area contributed by atoms with E-state index in [1.807, 2.05) is 42.2 Å². The molecule has 0 spiro atoms. The minimum absolute atomic E-state index is 0.0510. The van der Waals surface area contributed by atoms with E-state index >= 15 is 0 Å². The van der Waals surface area contributed by atoms with Crippen molar-refractivity contribution in [3.05, 3.63) is 89.5 Å². The topological polar surface area (TPSA) is 83.5 Å². The number of carbonyl (C=O) groups is 2. The number of halogens is 2. The van der Waals surface area contributed by atoms with Gasteiger partial charge in [0.15, 0.2) is 5.82 Å². The molecule has 8 nitrogen and oxygen atoms in total. The molecule has 1 N–H and O–H groups in total. The molecule has 2 amide bonds. The van der Waals surface area contributed by atoms with E-state index in [2.05, 4.69) is 23.4 Å². The van der Waals surface area contributed by atoms with E-state index in [1.54, 1.807) is 17.0 Å². The second kappa shape index (κ2) is 13.6. The van der Waals surface area contributed by atoms with Crippen LogP contribution in [-0.2, 0) is 29.1 Å². The third-order valence-electron chi connectivity index (χ3n) is 10.5. The normalized spacial score (nSPS) is 18.7. The molecule has 0 radical (unpaired) electrons. The van der Waals surface area contributed by atoms with E-state index in [0.717, 1.165) is 47.7 Å². The molecule has 0 bridgehead atoms. The maximum Gasteiger partial charge on any atom is 0.410 e. The summed E-state index contributed by atoms with van der Waals surface area (Å²) in [6.07, 6.45) is 3.54. The largest absolute Gasteiger partial charge is 0.445 e. The number of amides is 2. The van der Waals surface area contributed by atoms with Gasteiger partial charge in [0.25, 0.3) is 0 Å². The maximum absolute atomic E-state index is 14.6. The molecule has 4 heterocycles. The predicted octanol–water partition coefficient (Wildman–Crippen LogP) is 8.09. The lowest BCUT2D eigenvalue weighted by Gasteiger charge is -2.30. The molecule has 256 valence electrons. The molecule has 2 saturated heterocycles. The Kier molecular flexibility index (Phi) is 9.13. The number of rotatable bonds is 9. The van der Waals surface area contributed by atoms with Crippen LogP contribution in [0.15, 0.2) is 66.7 Å². The Morgan fingerprint density at radius 1 is 0.918 bits per heavy atom. The summed E-state index contributed by atoms with van der Waals surface area (Å²) in [5, 5.41) is 0.842. The Labute approximate surface area is 285 Å². The van der Waals surface area contributed by atoms with Gasteiger partial charge in [-0.25, -0.2) is 18.6 Å². The lowest BCUT2D eigenvalue weighted by Crippen LogP contribution is -2.42. The molecule has 10 heteroatoms. The molecule has 2 aromatic heterocycles. The van der Waals surface area contributed by atoms with E-state index in [1.165, 1.54) is 24.3 Å². The number of likely N-dealkylation sites (tertiary alicyclic amines) is 2. The first kappa shape index (κ1) is 32.8. The van der Waals surface area contributed by atoms with Crippen LogP contribution in [0.2, 0.25) is 0 Å². The first-order valence-corrected chi connectivity index (χ1v) is 17.4. The highest BCUT2D eigenvalue weighted by atomic mass is 19.1. The van der Waals surface area contributed by atoms with Crippen molar-refractivity contribution in [1.82, 2.24) is 24.3 Å². The summed E-state index contributed by atoms with van der Waals surface area (Å²) in [7, 11) is 0. The van der Waals surface area contributed by atoms with Crippen molar-refractivity contribution in [2.75, 3.05) is 13.1 Å². The molecular formula is C39H43F2N5O3. The minimum atomic E-state index is -0.387. The Balaban J connectivity index is 1.26. The molecule has 2 aliphatic rings. The first-order valence-electron chi connectivity index (χ1n) is 17.4. The van der Waals surface area contributed by atoms with E-state index in [0.29, 0.717) is 48.6 Å². The van der Waals surface area contributed by atoms with Gasteiger partial charge >= 0.3 is 6.09 Å². The number of hydrogen-bond acceptors (Lipinski definition) is 4. The van der Waals surface area contributed by atoms with Crippen LogP contribution in [0.5, 0.6) is 0 Å². The molecule has 7 rings (SSSR count). The Morgan fingerprint density at radius 3 is 2.41 bits per heavy atom. The van der Waals surface area contributed by atoms with Gasteiger partial charge in [-0.3, -0.25) is 4.79 Å². The SMILES string of the molecule is CC(C)[C@H](C)C(=O)N1CCC[C@H]1Cn1c(-c2[nH]c3cc(F)ccc3c2C[C@@H]2CCCN2C(=O)OCc2ccccc2)nc2cc(F)ccc21. The van der Waals surface area contributed by atoms with Gasteiger partial charge in [-0.15, -0.1) is 0 Å². The van der Waals surface area contributed by atoms with Crippen molar-refractivity contribution in [2.45, 2.75) is 78.1 Å². The van der Waals surface area contributed by atoms with E-state index in [-0.39, 0.29) is 54.2 Å². The zero-order valence-corrected chi connectivity index (χ0v) is 28.3. The van der Waals surface area contributed by atoms with Crippen molar-refractivity contribution in [2.24, 2.45) is 11.8 Å². The molecule has 5 aromatic rings. The van der Waals surface area contributed by atoms with E-state index in [9.17, 15) is 18.4 Å². The number of hydrogen-bond donors (Lipinski definition) is 1. The zero-order valence-electron chi connectivity index (χ0n) is 28.3. The Morgan fingerprint density at radius 2 is 1.63 bits per heavy atom. The lowest BCUT2D eigenvalue weighted by atomic mass is 9.96. The van der Waals surface area contributed by atoms with Gasteiger partial charge in [0.1, 0.15) is 18.2 Å². The second-order valence-corrected chi connectivity index (χ2v) is 13.9. The van der Waals surface area contributed by atoms with Gasteiger partial charge in [-0.1, -0.05) is 51.1 Å². The molecule has 0 unspecified atom stereocenters. The van der Waals surface area contributed by atoms with Crippen molar-refractivity contribution in [1.29, 1.82) is 0 Å². The number of fused-ring (bicyclic) bond motifs is 2. The number of aromatic amines is 1. The maximum atomic E-state index is 14.6. The highest BCUT2D eigenvalue weighted by Gasteiger charge is 2.35. The van der Waals surface area contributed by atoms with Crippen LogP contribution in [-0.4, -0.2) is 61.5 Å². The van der Waals surface area contributed by atoms with Crippen LogP contribution in [0, 0.1) is 23.5 Å². The predicted molar refractivity (Wildman–Crippen MR) is 186 cm³/mol. The number of nitrogens with one attached hydrogen (secondary N) is 1. The quantitative estimate of drug-likeness (QED) is 0.172. The van der Waals surface area contributed by atoms with Gasteiger partial charge in [-0.05, 0) is 79.5 Å². The Hall–Kier alpha value is -4.73. The molecule has 0 aliphatic carbocycles. The molecular weight excluding hydrogens is 624 g/mol. The summed E-state index contributed by atoms with van der Waals surface area (Å²) >= 11 is 0. The van der Waals surface area contributed by atoms with Crippen molar-refractivity contribution < 1.29 is 23.1 Å². The molecule has 0 saturated carbocycles. The summed E-state index contributed by atoms with van der Waals surface area (Å²) in [6, 6.07) is 18.7. The third kappa shape index (κ3) is 6.53. The third-order valence-corrected chi connectivity index (χ3v) is 10.5. The first-order chi connectivity index (χ1) is 23.7. The smallest absolute Gasteiger partial charge is 0.410 e. The molecule has 3 atom stereocenters. The highest BCUT2D eigenvalue weighted by Crippen LogP contribution is 2.37. The number of nitrogens with zero attached hydrogens (tertiary/aromatic N) is 4. The number of ether oxygens (including phenoxy) is 1. The number of H-pyrrole nitrogens is 1. The molecule has 2 aliphatic heterocycles. The van der Waals surface area contributed by atoms with Gasteiger partial charge in [-0.2, -0.15) is 0 Å². The summed E-state index contributed by atoms with van der Waals surface area (Å²) in [6.45, 7) is 8.09. The standard InChI is InChI=1S/C39H43F2N5O3/c1-24(2)25(3)38(47)44-17-8-12-30(44)22-46-35-16-14-28(41)20-34(35)43-37(46)36-32(31-15-13-27(40)19-33(31)42-36)21-29-11-7-18-45(29)39(48)49-23-26-9-5-4-6-10-26/h4-6,9-10,13-16,19-20,24-25,29-30,42H,7-8,11-12,17-18,21-23H2,1-3H3/t25-,29-,30-/m0/s1. The summed E-state index contributed by atoms with van der Waals surface area (Å²) in [4.78, 5) is 39.2. The lowest BCUT2D eigenvalue weighted by molar-refractivity contribution is -0.137. The number of carbonyl (C=O) groups excluding carboxylic acids is 2. The Bertz CT molecular complexity index is 1990. The van der Waals surface area contributed by atoms with Crippen molar-refractivity contribution in [3.63, 3.8) is 0 Å². The van der Waals surface area contributed by atoms with Gasteiger partial charge in [0.05, 0.1) is 16.7 Å². The van der Waals surface area contributed by atoms with Crippen LogP contribution in [0.3, 0.4) is 0 Å². The van der Waals surface area contributed by atoms with Crippen LogP contribution >= 0.6 is 0 Å². The molecule has 2 fully saturated rings. The fourth-order valence-electron chi connectivity index (χ4n) is 7.51. The minimum Gasteiger partial charge on any atom is -0.445 e. The second-order valence-electron chi connectivity index (χ2n) is 13.9. The van der Waals surface area contributed by atoms with Crippen LogP contribution < -0.4 is 0 Å². The number of benzene rings is 3. The summed E-state index contributed by atoms with van der Waals surface area (Å²) in [5.74, 6) is 0.117. The molecule has 49 heavy (non-hydrogen) atoms. The fourth-order valence-corrected chi connectivity index (χ4v) is 7.51. The van der Waals surface area contributed by atoms with Gasteiger partial charge in [0.2, 0.25) is 5.91 Å². The van der Waals surface area contributed by atoms with Crippen LogP contribution in [0.4, 0.5) is 13.6 Å². The summed E-state index contributed by atoms with van der Waals surface area (Å²) < 4.78 is 37.0. The fraction of sp³-hybridized carbons (Fsp3) is 0.410. The number of imidazole rings is 1. The van der Waals surface area contributed by atoms with Gasteiger partial charge < -0.3 is 24.1 Å². The monoisotopic (exact) mass is 667 g/mol. The van der Waals surface area contributed by atoms with Gasteiger partial charge in [0, 0.05) is 54.6 Å². The van der Waals surface area contributed by atoms with Crippen molar-refractivity contribution in [3.8, 4) is 11.5 Å². The van der Waals surface area contributed by atoms with Crippen molar-refractivity contribution >= 4 is 33.9 Å². The van der Waals surface area contributed by atoms with E-state index < -0.39 is 0 Å². The zero-order chi connectivity index (χ0) is 34.2.